The van der Waals surface area contributed by atoms with Gasteiger partial charge in [0.2, 0.25) is 0 Å². The Morgan fingerprint density at radius 1 is 1.06 bits per heavy atom. The van der Waals surface area contributed by atoms with Crippen LogP contribution in [0.5, 0.6) is 0 Å². The number of carbonyl (C=O) groups is 1. The van der Waals surface area contributed by atoms with Crippen molar-refractivity contribution in [1.29, 1.82) is 0 Å². The largest absolute Gasteiger partial charge is 0.337 e. The second-order valence-electron chi connectivity index (χ2n) is 9.92. The van der Waals surface area contributed by atoms with Gasteiger partial charge in [0.15, 0.2) is 5.82 Å². The fraction of sp³-hybridized carbons (Fsp3) is 0.393. The van der Waals surface area contributed by atoms with Crippen molar-refractivity contribution in [2.75, 3.05) is 13.1 Å². The molecule has 0 unspecified atom stereocenters. The minimum absolute atomic E-state index is 0.0415. The number of carbonyl (C=O) groups excluding carboxylic acids is 1. The lowest BCUT2D eigenvalue weighted by molar-refractivity contribution is 0.0709. The molecule has 7 nitrogen and oxygen atoms in total. The van der Waals surface area contributed by atoms with Crippen LogP contribution in [0.3, 0.4) is 0 Å². The summed E-state index contributed by atoms with van der Waals surface area (Å²) in [6.07, 6.45) is 6.42. The highest BCUT2D eigenvalue weighted by Crippen LogP contribution is 2.36. The van der Waals surface area contributed by atoms with Gasteiger partial charge in [0.05, 0.1) is 17.2 Å². The summed E-state index contributed by atoms with van der Waals surface area (Å²) in [6, 6.07) is 16.3. The summed E-state index contributed by atoms with van der Waals surface area (Å²) in [6.45, 7) is 5.26. The Kier molecular flexibility index (Phi) is 5.65. The van der Waals surface area contributed by atoms with Crippen LogP contribution in [0.4, 0.5) is 0 Å². The lowest BCUT2D eigenvalue weighted by Gasteiger charge is -2.30. The molecule has 0 spiro atoms. The van der Waals surface area contributed by atoms with Gasteiger partial charge in [-0.25, -0.2) is 9.97 Å². The van der Waals surface area contributed by atoms with Gasteiger partial charge in [-0.2, -0.15) is 0 Å². The normalized spacial score (nSPS) is 18.3. The molecule has 1 amide bonds. The molecule has 180 valence electrons. The monoisotopic (exact) mass is 468 g/mol. The Hall–Kier alpha value is -3.45. The summed E-state index contributed by atoms with van der Waals surface area (Å²) in [4.78, 5) is 25.0. The smallest absolute Gasteiger partial charge is 0.253 e. The molecule has 4 aromatic rings. The number of nitrogens with zero attached hydrogens (tertiary/aromatic N) is 5. The van der Waals surface area contributed by atoms with Crippen LogP contribution in [-0.2, 0) is 13.1 Å². The van der Waals surface area contributed by atoms with Gasteiger partial charge in [-0.1, -0.05) is 30.3 Å². The molecule has 1 aliphatic carbocycles. The molecule has 2 aromatic carbocycles. The quantitative estimate of drug-likeness (QED) is 0.450. The molecule has 1 atom stereocenters. The van der Waals surface area contributed by atoms with Crippen LogP contribution in [0.2, 0.25) is 0 Å². The van der Waals surface area contributed by atoms with Gasteiger partial charge >= 0.3 is 0 Å². The first-order chi connectivity index (χ1) is 17.1. The van der Waals surface area contributed by atoms with E-state index in [4.69, 9.17) is 15.7 Å². The van der Waals surface area contributed by atoms with Gasteiger partial charge in [0, 0.05) is 43.3 Å². The highest BCUT2D eigenvalue weighted by atomic mass is 16.2. The predicted molar refractivity (Wildman–Crippen MR) is 138 cm³/mol. The summed E-state index contributed by atoms with van der Waals surface area (Å²) in [5, 5.41) is 0. The van der Waals surface area contributed by atoms with Crippen molar-refractivity contribution in [1.82, 2.24) is 24.0 Å². The Bertz CT molecular complexity index is 1370. The summed E-state index contributed by atoms with van der Waals surface area (Å²) in [7, 11) is 0. The first-order valence-electron chi connectivity index (χ1n) is 12.8. The fourth-order valence-corrected chi connectivity index (χ4v) is 5.27. The number of hydrogen-bond acceptors (Lipinski definition) is 4. The zero-order chi connectivity index (χ0) is 23.9. The van der Waals surface area contributed by atoms with Crippen molar-refractivity contribution in [3.8, 4) is 22.9 Å². The molecule has 0 bridgehead atoms. The number of fused-ring (bicyclic) bond motifs is 1. The van der Waals surface area contributed by atoms with Crippen LogP contribution in [-0.4, -0.2) is 49.0 Å². The van der Waals surface area contributed by atoms with Crippen LogP contribution in [0.25, 0.3) is 33.9 Å². The zero-order valence-corrected chi connectivity index (χ0v) is 20.2. The van der Waals surface area contributed by atoms with E-state index >= 15 is 0 Å². The SMILES string of the molecule is CCn1c(-c2cnc(-c3ccccc3)n2CC2CC2)nc2cc(C(=O)N3CCC[C@@H](N)C3)ccc21. The number of rotatable bonds is 6. The number of imidazole rings is 2. The van der Waals surface area contributed by atoms with Crippen LogP contribution < -0.4 is 5.73 Å². The molecule has 0 radical (unpaired) electrons. The van der Waals surface area contributed by atoms with E-state index in [1.54, 1.807) is 0 Å². The summed E-state index contributed by atoms with van der Waals surface area (Å²) >= 11 is 0. The molecule has 2 aliphatic rings. The maximum Gasteiger partial charge on any atom is 0.253 e. The molecular formula is C28H32N6O. The molecule has 1 saturated heterocycles. The van der Waals surface area contributed by atoms with E-state index in [9.17, 15) is 4.79 Å². The molecule has 2 aromatic heterocycles. The Morgan fingerprint density at radius 3 is 2.63 bits per heavy atom. The van der Waals surface area contributed by atoms with E-state index in [1.807, 2.05) is 35.4 Å². The van der Waals surface area contributed by atoms with E-state index in [0.29, 0.717) is 18.0 Å². The average Bonchev–Trinajstić information content (AvgIpc) is 3.49. The number of aromatic nitrogens is 4. The van der Waals surface area contributed by atoms with Crippen molar-refractivity contribution >= 4 is 16.9 Å². The molecule has 35 heavy (non-hydrogen) atoms. The first-order valence-corrected chi connectivity index (χ1v) is 12.8. The van der Waals surface area contributed by atoms with Gasteiger partial charge in [0.25, 0.3) is 5.91 Å². The fourth-order valence-electron chi connectivity index (χ4n) is 5.27. The average molecular weight is 469 g/mol. The maximum absolute atomic E-state index is 13.2. The number of likely N-dealkylation sites (tertiary alicyclic amines) is 1. The number of nitrogens with two attached hydrogens (primary N) is 1. The van der Waals surface area contributed by atoms with E-state index in [-0.39, 0.29) is 11.9 Å². The van der Waals surface area contributed by atoms with Crippen molar-refractivity contribution in [3.05, 3.63) is 60.3 Å². The highest BCUT2D eigenvalue weighted by molar-refractivity contribution is 5.98. The number of hydrogen-bond donors (Lipinski definition) is 1. The number of piperidine rings is 1. The molecule has 1 aliphatic heterocycles. The van der Waals surface area contributed by atoms with E-state index in [1.165, 1.54) is 12.8 Å². The minimum atomic E-state index is 0.0415. The highest BCUT2D eigenvalue weighted by Gasteiger charge is 2.27. The Balaban J connectivity index is 1.41. The molecule has 2 N–H and O–H groups in total. The second kappa shape index (κ2) is 8.96. The molecule has 6 rings (SSSR count). The van der Waals surface area contributed by atoms with Crippen molar-refractivity contribution < 1.29 is 4.79 Å². The molecule has 7 heteroatoms. The van der Waals surface area contributed by atoms with Gasteiger partial charge < -0.3 is 19.8 Å². The Morgan fingerprint density at radius 2 is 1.89 bits per heavy atom. The van der Waals surface area contributed by atoms with Gasteiger partial charge in [0.1, 0.15) is 11.5 Å². The van der Waals surface area contributed by atoms with Crippen molar-refractivity contribution in [2.45, 2.75) is 51.7 Å². The summed E-state index contributed by atoms with van der Waals surface area (Å²) in [5.74, 6) is 2.63. The Labute approximate surface area is 205 Å². The third-order valence-electron chi connectivity index (χ3n) is 7.31. The number of aryl methyl sites for hydroxylation is 1. The van der Waals surface area contributed by atoms with E-state index < -0.39 is 0 Å². The molecular weight excluding hydrogens is 436 g/mol. The van der Waals surface area contributed by atoms with Crippen LogP contribution in [0.15, 0.2) is 54.7 Å². The summed E-state index contributed by atoms with van der Waals surface area (Å²) < 4.78 is 4.57. The maximum atomic E-state index is 13.2. The van der Waals surface area contributed by atoms with E-state index in [2.05, 4.69) is 40.3 Å². The van der Waals surface area contributed by atoms with Crippen LogP contribution in [0.1, 0.15) is 43.0 Å². The van der Waals surface area contributed by atoms with Gasteiger partial charge in [-0.05, 0) is 56.7 Å². The second-order valence-corrected chi connectivity index (χ2v) is 9.92. The third kappa shape index (κ3) is 4.14. The zero-order valence-electron chi connectivity index (χ0n) is 20.2. The van der Waals surface area contributed by atoms with Crippen molar-refractivity contribution in [2.24, 2.45) is 11.7 Å². The van der Waals surface area contributed by atoms with Crippen LogP contribution >= 0.6 is 0 Å². The predicted octanol–water partition coefficient (Wildman–Crippen LogP) is 4.56. The number of amides is 1. The van der Waals surface area contributed by atoms with Crippen LogP contribution in [0, 0.1) is 5.92 Å². The molecule has 1 saturated carbocycles. The standard InChI is InChI=1S/C28H32N6O/c1-2-33-24-13-12-21(28(35)32-14-6-9-22(29)18-32)15-23(24)31-27(33)25-16-30-26(20-7-4-3-5-8-20)34(25)17-19-10-11-19/h3-5,7-8,12-13,15-16,19,22H,2,6,9-11,14,17-18,29H2,1H3/t22-/m1/s1. The van der Waals surface area contributed by atoms with Gasteiger partial charge in [-0.3, -0.25) is 4.79 Å². The topological polar surface area (TPSA) is 82.0 Å². The minimum Gasteiger partial charge on any atom is -0.337 e. The van der Waals surface area contributed by atoms with E-state index in [0.717, 1.165) is 66.4 Å². The van der Waals surface area contributed by atoms with Crippen molar-refractivity contribution in [3.63, 3.8) is 0 Å². The number of benzene rings is 2. The molecule has 3 heterocycles. The van der Waals surface area contributed by atoms with Gasteiger partial charge in [-0.15, -0.1) is 0 Å². The summed E-state index contributed by atoms with van der Waals surface area (Å²) in [5.41, 5.74) is 10.8. The lowest BCUT2D eigenvalue weighted by atomic mass is 10.1. The third-order valence-corrected chi connectivity index (χ3v) is 7.31. The first kappa shape index (κ1) is 22.0. The molecule has 2 fully saturated rings. The lowest BCUT2D eigenvalue weighted by Crippen LogP contribution is -2.45.